The number of amides is 1. The number of benzene rings is 1. The predicted octanol–water partition coefficient (Wildman–Crippen LogP) is 2.82. The van der Waals surface area contributed by atoms with Crippen LogP contribution in [0.5, 0.6) is 5.75 Å². The molecule has 1 aliphatic carbocycles. The third-order valence-electron chi connectivity index (χ3n) is 7.23. The van der Waals surface area contributed by atoms with Crippen molar-refractivity contribution < 1.29 is 32.2 Å². The van der Waals surface area contributed by atoms with Gasteiger partial charge in [0.25, 0.3) is 0 Å². The van der Waals surface area contributed by atoms with E-state index in [9.17, 15) is 27.5 Å². The molecule has 2 heterocycles. The second-order valence-electron chi connectivity index (χ2n) is 9.17. The fourth-order valence-electron chi connectivity index (χ4n) is 4.98. The summed E-state index contributed by atoms with van der Waals surface area (Å²) in [4.78, 5) is 16.1. The summed E-state index contributed by atoms with van der Waals surface area (Å²) in [6.07, 6.45) is -2.16. The number of likely N-dealkylation sites (tertiary alicyclic amines) is 1. The van der Waals surface area contributed by atoms with Gasteiger partial charge in [-0.1, -0.05) is 6.07 Å². The second kappa shape index (κ2) is 8.79. The SMILES string of the molecule is CC1C(=O)NCCN1CCC(c1ccc(F)c(OC(F)(F)F)c1)N1CCC2(CC2)[C@H](O)C1. The lowest BCUT2D eigenvalue weighted by Crippen LogP contribution is -2.54. The van der Waals surface area contributed by atoms with E-state index in [1.54, 1.807) is 0 Å². The highest BCUT2D eigenvalue weighted by atomic mass is 19.4. The van der Waals surface area contributed by atoms with Crippen molar-refractivity contribution in [3.05, 3.63) is 29.6 Å². The lowest BCUT2D eigenvalue weighted by molar-refractivity contribution is -0.275. The molecular formula is C22H29F4N3O3. The monoisotopic (exact) mass is 459 g/mol. The van der Waals surface area contributed by atoms with Crippen LogP contribution in [-0.2, 0) is 4.79 Å². The van der Waals surface area contributed by atoms with Gasteiger partial charge in [-0.15, -0.1) is 13.2 Å². The van der Waals surface area contributed by atoms with Gasteiger partial charge in [0.05, 0.1) is 12.1 Å². The fraction of sp³-hybridized carbons (Fsp3) is 0.682. The molecule has 178 valence electrons. The standard InChI is InChI=1S/C22H29F4N3O3/c1-14-20(31)27-8-11-28(14)9-4-17(29-10-7-21(5-6-21)19(30)13-29)15-2-3-16(23)18(12-15)32-22(24,25)26/h2-3,12,14,17,19,30H,4-11,13H2,1H3,(H,27,31)/t14?,17?,19-/m1/s1. The zero-order valence-corrected chi connectivity index (χ0v) is 18.0. The smallest absolute Gasteiger partial charge is 0.403 e. The van der Waals surface area contributed by atoms with Crippen molar-refractivity contribution in [2.75, 3.05) is 32.7 Å². The lowest BCUT2D eigenvalue weighted by Gasteiger charge is -2.42. The van der Waals surface area contributed by atoms with Crippen LogP contribution >= 0.6 is 0 Å². The number of carbonyl (C=O) groups excluding carboxylic acids is 1. The number of piperidine rings is 1. The normalized spacial score (nSPS) is 27.2. The second-order valence-corrected chi connectivity index (χ2v) is 9.17. The first-order valence-corrected chi connectivity index (χ1v) is 11.1. The number of carbonyl (C=O) groups is 1. The Balaban J connectivity index is 1.56. The molecule has 3 atom stereocenters. The van der Waals surface area contributed by atoms with Gasteiger partial charge in [-0.2, -0.15) is 0 Å². The average Bonchev–Trinajstić information content (AvgIpc) is 3.50. The quantitative estimate of drug-likeness (QED) is 0.641. The zero-order valence-electron chi connectivity index (χ0n) is 18.0. The molecule has 3 fully saturated rings. The average molecular weight is 459 g/mol. The third-order valence-corrected chi connectivity index (χ3v) is 7.23. The largest absolute Gasteiger partial charge is 0.573 e. The van der Waals surface area contributed by atoms with Crippen LogP contribution in [0, 0.1) is 11.2 Å². The first-order chi connectivity index (χ1) is 15.1. The molecule has 1 aromatic carbocycles. The minimum Gasteiger partial charge on any atom is -0.403 e. The Hall–Kier alpha value is -1.91. The number of halogens is 4. The number of hydrogen-bond acceptors (Lipinski definition) is 5. The van der Waals surface area contributed by atoms with E-state index >= 15 is 0 Å². The van der Waals surface area contributed by atoms with E-state index < -0.39 is 24.0 Å². The summed E-state index contributed by atoms with van der Waals surface area (Å²) in [5.74, 6) is -2.00. The van der Waals surface area contributed by atoms with E-state index in [1.165, 1.54) is 6.07 Å². The summed E-state index contributed by atoms with van der Waals surface area (Å²) < 4.78 is 56.1. The molecule has 2 saturated heterocycles. The van der Waals surface area contributed by atoms with Gasteiger partial charge in [-0.05, 0) is 62.3 Å². The molecule has 0 aromatic heterocycles. The maximum absolute atomic E-state index is 14.0. The molecule has 0 radical (unpaired) electrons. The Labute approximate surface area is 184 Å². The lowest BCUT2D eigenvalue weighted by atomic mass is 9.88. The Morgan fingerprint density at radius 3 is 2.69 bits per heavy atom. The number of aliphatic hydroxyl groups is 1. The minimum atomic E-state index is -4.99. The number of ether oxygens (including phenoxy) is 1. The van der Waals surface area contributed by atoms with Gasteiger partial charge >= 0.3 is 6.36 Å². The number of nitrogens with zero attached hydrogens (tertiary/aromatic N) is 2. The van der Waals surface area contributed by atoms with Crippen LogP contribution in [0.3, 0.4) is 0 Å². The van der Waals surface area contributed by atoms with E-state index in [2.05, 4.69) is 15.0 Å². The number of piperazine rings is 1. The molecular weight excluding hydrogens is 430 g/mol. The van der Waals surface area contributed by atoms with E-state index in [1.807, 2.05) is 11.8 Å². The first-order valence-electron chi connectivity index (χ1n) is 11.1. The van der Waals surface area contributed by atoms with Gasteiger partial charge in [0, 0.05) is 32.2 Å². The number of aliphatic hydroxyl groups excluding tert-OH is 1. The molecule has 4 rings (SSSR count). The van der Waals surface area contributed by atoms with Crippen molar-refractivity contribution in [3.63, 3.8) is 0 Å². The molecule has 1 spiro atoms. The summed E-state index contributed by atoms with van der Waals surface area (Å²) >= 11 is 0. The fourth-order valence-corrected chi connectivity index (χ4v) is 4.98. The molecule has 2 N–H and O–H groups in total. The number of nitrogens with one attached hydrogen (secondary N) is 1. The Morgan fingerprint density at radius 2 is 2.03 bits per heavy atom. The van der Waals surface area contributed by atoms with Crippen molar-refractivity contribution in [2.45, 2.75) is 57.2 Å². The molecule has 1 saturated carbocycles. The van der Waals surface area contributed by atoms with Crippen LogP contribution in [0.1, 0.15) is 44.2 Å². The van der Waals surface area contributed by atoms with Gasteiger partial charge in [-0.25, -0.2) is 4.39 Å². The minimum absolute atomic E-state index is 0.0200. The van der Waals surface area contributed by atoms with E-state index in [0.717, 1.165) is 31.4 Å². The van der Waals surface area contributed by atoms with Gasteiger partial charge in [-0.3, -0.25) is 14.6 Å². The van der Waals surface area contributed by atoms with Crippen LogP contribution < -0.4 is 10.1 Å². The third kappa shape index (κ3) is 5.02. The number of alkyl halides is 3. The molecule has 2 unspecified atom stereocenters. The first kappa shape index (κ1) is 23.3. The van der Waals surface area contributed by atoms with Crippen LogP contribution in [0.4, 0.5) is 17.6 Å². The van der Waals surface area contributed by atoms with Gasteiger partial charge in [0.1, 0.15) is 0 Å². The highest BCUT2D eigenvalue weighted by Crippen LogP contribution is 2.54. The van der Waals surface area contributed by atoms with E-state index in [4.69, 9.17) is 0 Å². The van der Waals surface area contributed by atoms with Gasteiger partial charge < -0.3 is 15.2 Å². The molecule has 1 amide bonds. The van der Waals surface area contributed by atoms with Crippen molar-refractivity contribution >= 4 is 5.91 Å². The Morgan fingerprint density at radius 1 is 1.28 bits per heavy atom. The molecule has 32 heavy (non-hydrogen) atoms. The zero-order chi connectivity index (χ0) is 23.1. The number of rotatable bonds is 6. The molecule has 2 aliphatic heterocycles. The number of hydrogen-bond donors (Lipinski definition) is 2. The van der Waals surface area contributed by atoms with Crippen LogP contribution in [0.2, 0.25) is 0 Å². The topological polar surface area (TPSA) is 65.0 Å². The number of β-amino-alcohol motifs (C(OH)–C–C–N with tert-alkyl or cyclic N) is 1. The maximum Gasteiger partial charge on any atom is 0.573 e. The molecule has 3 aliphatic rings. The van der Waals surface area contributed by atoms with Gasteiger partial charge in [0.2, 0.25) is 5.91 Å². The summed E-state index contributed by atoms with van der Waals surface area (Å²) in [5.41, 5.74) is 0.479. The predicted molar refractivity (Wildman–Crippen MR) is 108 cm³/mol. The highest BCUT2D eigenvalue weighted by molar-refractivity contribution is 5.81. The van der Waals surface area contributed by atoms with Crippen molar-refractivity contribution in [3.8, 4) is 5.75 Å². The van der Waals surface area contributed by atoms with E-state index in [-0.39, 0.29) is 23.4 Å². The maximum atomic E-state index is 14.0. The Kier molecular flexibility index (Phi) is 6.39. The molecule has 0 bridgehead atoms. The van der Waals surface area contributed by atoms with Crippen LogP contribution in [-0.4, -0.2) is 72.0 Å². The summed E-state index contributed by atoms with van der Waals surface area (Å²) in [6.45, 7) is 4.69. The molecule has 1 aromatic rings. The van der Waals surface area contributed by atoms with E-state index in [0.29, 0.717) is 44.7 Å². The molecule has 6 nitrogen and oxygen atoms in total. The summed E-state index contributed by atoms with van der Waals surface area (Å²) in [7, 11) is 0. The van der Waals surface area contributed by atoms with Crippen molar-refractivity contribution in [2.24, 2.45) is 5.41 Å². The van der Waals surface area contributed by atoms with Crippen LogP contribution in [0.15, 0.2) is 18.2 Å². The van der Waals surface area contributed by atoms with Crippen molar-refractivity contribution in [1.29, 1.82) is 0 Å². The molecule has 10 heteroatoms. The summed E-state index contributed by atoms with van der Waals surface area (Å²) in [5, 5.41) is 13.5. The van der Waals surface area contributed by atoms with Crippen LogP contribution in [0.25, 0.3) is 0 Å². The van der Waals surface area contributed by atoms with Gasteiger partial charge in [0.15, 0.2) is 11.6 Å². The summed E-state index contributed by atoms with van der Waals surface area (Å²) in [6, 6.07) is 2.93. The van der Waals surface area contributed by atoms with Crippen molar-refractivity contribution in [1.82, 2.24) is 15.1 Å². The Bertz CT molecular complexity index is 846. The highest BCUT2D eigenvalue weighted by Gasteiger charge is 2.52.